The Bertz CT molecular complexity index is 619. The predicted molar refractivity (Wildman–Crippen MR) is 88.4 cm³/mol. The molecule has 0 spiro atoms. The van der Waals surface area contributed by atoms with Gasteiger partial charge in [0.25, 0.3) is 5.69 Å². The zero-order valence-corrected chi connectivity index (χ0v) is 14.0. The van der Waals surface area contributed by atoms with Crippen molar-refractivity contribution >= 4 is 17.7 Å². The molecule has 1 aliphatic rings. The number of nitrogens with zero attached hydrogens (tertiary/aromatic N) is 2. The van der Waals surface area contributed by atoms with Crippen LogP contribution < -0.4 is 10.1 Å². The molecule has 1 unspecified atom stereocenters. The molecule has 1 amide bonds. The predicted octanol–water partition coefficient (Wildman–Crippen LogP) is 1.71. The van der Waals surface area contributed by atoms with Gasteiger partial charge in [0.05, 0.1) is 11.5 Å². The number of piperazine rings is 1. The van der Waals surface area contributed by atoms with E-state index in [-0.39, 0.29) is 30.0 Å². The normalized spacial score (nSPS) is 17.0. The van der Waals surface area contributed by atoms with E-state index in [1.54, 1.807) is 0 Å². The molecule has 1 N–H and O–H groups in total. The number of non-ortho nitro benzene ring substituents is 1. The highest BCUT2D eigenvalue weighted by atomic mass is 16.7. The molecule has 0 aromatic heterocycles. The first-order valence-corrected chi connectivity index (χ1v) is 8.06. The van der Waals surface area contributed by atoms with Gasteiger partial charge in [-0.2, -0.15) is 0 Å². The van der Waals surface area contributed by atoms with Crippen molar-refractivity contribution in [1.29, 1.82) is 0 Å². The lowest BCUT2D eigenvalue weighted by Crippen LogP contribution is -2.52. The van der Waals surface area contributed by atoms with Crippen molar-refractivity contribution in [3.05, 3.63) is 34.4 Å². The molecular formula is C16H21N3O6. The van der Waals surface area contributed by atoms with Gasteiger partial charge in [0.15, 0.2) is 0 Å². The monoisotopic (exact) mass is 351 g/mol. The maximum atomic E-state index is 12.1. The summed E-state index contributed by atoms with van der Waals surface area (Å²) < 4.78 is 9.81. The van der Waals surface area contributed by atoms with Gasteiger partial charge < -0.3 is 19.7 Å². The summed E-state index contributed by atoms with van der Waals surface area (Å²) in [5.41, 5.74) is -0.0960. The van der Waals surface area contributed by atoms with E-state index in [1.807, 2.05) is 11.8 Å². The lowest BCUT2D eigenvalue weighted by atomic mass is 10.2. The molecule has 9 nitrogen and oxygen atoms in total. The molecule has 9 heteroatoms. The van der Waals surface area contributed by atoms with Crippen LogP contribution in [0.25, 0.3) is 0 Å². The second kappa shape index (κ2) is 8.97. The van der Waals surface area contributed by atoms with Gasteiger partial charge in [-0.25, -0.2) is 4.79 Å². The van der Waals surface area contributed by atoms with Crippen LogP contribution in [-0.2, 0) is 9.53 Å². The van der Waals surface area contributed by atoms with E-state index in [2.05, 4.69) is 5.32 Å². The lowest BCUT2D eigenvalue weighted by molar-refractivity contribution is -0.384. The van der Waals surface area contributed by atoms with Gasteiger partial charge in [-0.05, 0) is 25.5 Å². The molecule has 1 atom stereocenters. The van der Waals surface area contributed by atoms with Crippen LogP contribution in [-0.4, -0.2) is 54.2 Å². The molecule has 25 heavy (non-hydrogen) atoms. The van der Waals surface area contributed by atoms with E-state index < -0.39 is 11.1 Å². The molecule has 1 heterocycles. The number of carbonyl (C=O) groups is 2. The summed E-state index contributed by atoms with van der Waals surface area (Å²) in [6, 6.07) is 5.25. The van der Waals surface area contributed by atoms with Gasteiger partial charge in [-0.3, -0.25) is 14.9 Å². The van der Waals surface area contributed by atoms with Crippen LogP contribution in [0.4, 0.5) is 10.5 Å². The van der Waals surface area contributed by atoms with Crippen LogP contribution in [0.15, 0.2) is 24.3 Å². The number of hydrogen-bond acceptors (Lipinski definition) is 7. The number of nitrogens with one attached hydrogen (secondary N) is 1. The third-order valence-corrected chi connectivity index (χ3v) is 3.83. The minimum absolute atomic E-state index is 0.0429. The van der Waals surface area contributed by atoms with Crippen LogP contribution in [0, 0.1) is 10.1 Å². The minimum Gasteiger partial charge on any atom is -0.434 e. The summed E-state index contributed by atoms with van der Waals surface area (Å²) in [7, 11) is 0. The van der Waals surface area contributed by atoms with Gasteiger partial charge >= 0.3 is 6.16 Å². The van der Waals surface area contributed by atoms with E-state index in [0.717, 1.165) is 13.1 Å². The topological polar surface area (TPSA) is 111 Å². The van der Waals surface area contributed by atoms with Crippen molar-refractivity contribution < 1.29 is 24.0 Å². The number of amides is 1. The molecule has 1 aliphatic heterocycles. The maximum absolute atomic E-state index is 12.1. The van der Waals surface area contributed by atoms with Crippen molar-refractivity contribution in [2.24, 2.45) is 0 Å². The lowest BCUT2D eigenvalue weighted by Gasteiger charge is -2.34. The first-order valence-electron chi connectivity index (χ1n) is 8.06. The number of carbonyl (C=O) groups excluding carboxylic acids is 2. The Morgan fingerprint density at radius 2 is 2.08 bits per heavy atom. The highest BCUT2D eigenvalue weighted by molar-refractivity contribution is 5.76. The summed E-state index contributed by atoms with van der Waals surface area (Å²) in [6.07, 6.45) is -0.197. The zero-order chi connectivity index (χ0) is 18.2. The van der Waals surface area contributed by atoms with Gasteiger partial charge in [-0.15, -0.1) is 0 Å². The Morgan fingerprint density at radius 1 is 1.36 bits per heavy atom. The molecular weight excluding hydrogens is 330 g/mol. The van der Waals surface area contributed by atoms with E-state index >= 15 is 0 Å². The summed E-state index contributed by atoms with van der Waals surface area (Å²) in [6.45, 7) is 4.31. The Kier molecular flexibility index (Phi) is 6.70. The summed E-state index contributed by atoms with van der Waals surface area (Å²) in [5.74, 6) is 0.197. The van der Waals surface area contributed by atoms with Crippen LogP contribution in [0.3, 0.4) is 0 Å². The fraction of sp³-hybridized carbons (Fsp3) is 0.500. The van der Waals surface area contributed by atoms with Gasteiger partial charge in [0.2, 0.25) is 5.91 Å². The van der Waals surface area contributed by atoms with Crippen molar-refractivity contribution in [2.75, 3.05) is 26.2 Å². The molecule has 1 fully saturated rings. The summed E-state index contributed by atoms with van der Waals surface area (Å²) >= 11 is 0. The average molecular weight is 351 g/mol. The van der Waals surface area contributed by atoms with Gasteiger partial charge in [0.1, 0.15) is 5.75 Å². The highest BCUT2D eigenvalue weighted by Crippen LogP contribution is 2.17. The maximum Gasteiger partial charge on any atom is 0.513 e. The largest absolute Gasteiger partial charge is 0.513 e. The van der Waals surface area contributed by atoms with Gasteiger partial charge in [0, 0.05) is 44.2 Å². The van der Waals surface area contributed by atoms with E-state index in [4.69, 9.17) is 9.47 Å². The summed E-state index contributed by atoms with van der Waals surface area (Å²) in [5, 5.41) is 13.8. The fourth-order valence-corrected chi connectivity index (χ4v) is 2.50. The SMILES string of the molecule is CC1CNCCN1C(=O)CCCOC(=O)Oc1ccc([N+](=O)[O-])cc1. The van der Waals surface area contributed by atoms with Crippen molar-refractivity contribution in [1.82, 2.24) is 10.2 Å². The standard InChI is InChI=1S/C16H21N3O6/c1-12-11-17-8-9-18(12)15(20)3-2-10-24-16(21)25-14-6-4-13(5-7-14)19(22)23/h4-7,12,17H,2-3,8-11H2,1H3. The van der Waals surface area contributed by atoms with Crippen molar-refractivity contribution in [3.63, 3.8) is 0 Å². The molecule has 0 bridgehead atoms. The molecule has 0 radical (unpaired) electrons. The van der Waals surface area contributed by atoms with Crippen LogP contribution in [0.2, 0.25) is 0 Å². The quantitative estimate of drug-likeness (QED) is 0.273. The zero-order valence-electron chi connectivity index (χ0n) is 14.0. The fourth-order valence-electron chi connectivity index (χ4n) is 2.50. The number of nitro groups is 1. The minimum atomic E-state index is -0.906. The van der Waals surface area contributed by atoms with Crippen molar-refractivity contribution in [3.8, 4) is 5.75 Å². The molecule has 2 rings (SSSR count). The van der Waals surface area contributed by atoms with Crippen LogP contribution >= 0.6 is 0 Å². The van der Waals surface area contributed by atoms with Gasteiger partial charge in [-0.1, -0.05) is 0 Å². The Hall–Kier alpha value is -2.68. The van der Waals surface area contributed by atoms with Crippen molar-refractivity contribution in [2.45, 2.75) is 25.8 Å². The van der Waals surface area contributed by atoms with Crippen LogP contribution in [0.1, 0.15) is 19.8 Å². The highest BCUT2D eigenvalue weighted by Gasteiger charge is 2.22. The Morgan fingerprint density at radius 3 is 2.72 bits per heavy atom. The second-order valence-electron chi connectivity index (χ2n) is 5.70. The van der Waals surface area contributed by atoms with E-state index in [0.29, 0.717) is 19.4 Å². The number of benzene rings is 1. The van der Waals surface area contributed by atoms with E-state index in [1.165, 1.54) is 24.3 Å². The molecule has 1 aromatic rings. The number of nitro benzene ring substituents is 1. The smallest absolute Gasteiger partial charge is 0.434 e. The Labute approximate surface area is 145 Å². The molecule has 1 aromatic carbocycles. The average Bonchev–Trinajstić information content (AvgIpc) is 2.59. The third kappa shape index (κ3) is 5.71. The first kappa shape index (κ1) is 18.7. The van der Waals surface area contributed by atoms with Crippen LogP contribution in [0.5, 0.6) is 5.75 Å². The summed E-state index contributed by atoms with van der Waals surface area (Å²) in [4.78, 5) is 35.5. The van der Waals surface area contributed by atoms with E-state index in [9.17, 15) is 19.7 Å². The first-order chi connectivity index (χ1) is 12.0. The molecule has 1 saturated heterocycles. The Balaban J connectivity index is 1.66. The number of rotatable bonds is 6. The second-order valence-corrected chi connectivity index (χ2v) is 5.70. The number of hydrogen-bond donors (Lipinski definition) is 1. The molecule has 0 aliphatic carbocycles. The molecule has 0 saturated carbocycles. The third-order valence-electron chi connectivity index (χ3n) is 3.83. The number of ether oxygens (including phenoxy) is 2. The molecule has 136 valence electrons.